The molecule has 11 heavy (non-hydrogen) atoms. The van der Waals surface area contributed by atoms with E-state index in [1.165, 1.54) is 0 Å². The summed E-state index contributed by atoms with van der Waals surface area (Å²) in [5.41, 5.74) is 4.85. The fourth-order valence-corrected chi connectivity index (χ4v) is 0.575. The maximum absolute atomic E-state index is 12.1. The molecule has 0 aliphatic rings. The summed E-state index contributed by atoms with van der Waals surface area (Å²) in [6.07, 6.45) is 0. The van der Waals surface area contributed by atoms with Crippen LogP contribution in [-0.4, -0.2) is 0 Å². The Balaban J connectivity index is 0.000001000. The molecule has 1 aromatic rings. The average molecular weight is 275 g/mol. The van der Waals surface area contributed by atoms with Crippen molar-refractivity contribution >= 4 is 29.7 Å². The molecular formula is C6H5F3IN. The van der Waals surface area contributed by atoms with E-state index in [9.17, 15) is 13.2 Å². The highest BCUT2D eigenvalue weighted by Crippen LogP contribution is 2.13. The molecule has 1 nitrogen and oxygen atoms in total. The molecule has 0 saturated carbocycles. The molecule has 62 valence electrons. The van der Waals surface area contributed by atoms with Crippen LogP contribution in [0.15, 0.2) is 12.1 Å². The van der Waals surface area contributed by atoms with Crippen LogP contribution in [0.3, 0.4) is 0 Å². The molecule has 0 unspecified atom stereocenters. The lowest BCUT2D eigenvalue weighted by Gasteiger charge is -1.95. The van der Waals surface area contributed by atoms with E-state index >= 15 is 0 Å². The SMILES string of the molecule is I.Nc1cc(F)c(F)c(F)c1. The Bertz CT molecular complexity index is 241. The summed E-state index contributed by atoms with van der Waals surface area (Å²) in [5.74, 6) is -4.02. The van der Waals surface area contributed by atoms with Gasteiger partial charge in [0.05, 0.1) is 0 Å². The number of hydrogen-bond acceptors (Lipinski definition) is 1. The Kier molecular flexibility index (Phi) is 3.64. The molecule has 5 heteroatoms. The van der Waals surface area contributed by atoms with Crippen LogP contribution in [0.1, 0.15) is 0 Å². The molecule has 0 saturated heterocycles. The van der Waals surface area contributed by atoms with Gasteiger partial charge in [0, 0.05) is 17.8 Å². The van der Waals surface area contributed by atoms with E-state index < -0.39 is 17.5 Å². The Morgan fingerprint density at radius 3 is 1.73 bits per heavy atom. The van der Waals surface area contributed by atoms with Crippen molar-refractivity contribution in [1.29, 1.82) is 0 Å². The fraction of sp³-hybridized carbons (Fsp3) is 0. The predicted octanol–water partition coefficient (Wildman–Crippen LogP) is 2.30. The number of nitrogens with two attached hydrogens (primary N) is 1. The molecule has 0 aromatic heterocycles. The van der Waals surface area contributed by atoms with E-state index in [1.807, 2.05) is 0 Å². The minimum absolute atomic E-state index is 0. The summed E-state index contributed by atoms with van der Waals surface area (Å²) < 4.78 is 36.4. The molecule has 0 bridgehead atoms. The zero-order valence-corrected chi connectivity index (χ0v) is 7.60. The largest absolute Gasteiger partial charge is 0.399 e. The third kappa shape index (κ3) is 2.25. The van der Waals surface area contributed by atoms with Gasteiger partial charge in [0.15, 0.2) is 17.5 Å². The minimum atomic E-state index is -1.49. The van der Waals surface area contributed by atoms with Gasteiger partial charge in [0.1, 0.15) is 0 Å². The van der Waals surface area contributed by atoms with Crippen molar-refractivity contribution in [3.05, 3.63) is 29.6 Å². The van der Waals surface area contributed by atoms with Gasteiger partial charge in [-0.05, 0) is 0 Å². The molecule has 0 aliphatic carbocycles. The van der Waals surface area contributed by atoms with Crippen molar-refractivity contribution in [2.75, 3.05) is 5.73 Å². The van der Waals surface area contributed by atoms with Crippen LogP contribution >= 0.6 is 24.0 Å². The molecule has 0 aliphatic heterocycles. The van der Waals surface area contributed by atoms with Crippen LogP contribution in [0.2, 0.25) is 0 Å². The molecule has 0 spiro atoms. The first kappa shape index (κ1) is 10.5. The van der Waals surface area contributed by atoms with Gasteiger partial charge in [-0.2, -0.15) is 0 Å². The molecule has 0 radical (unpaired) electrons. The molecular weight excluding hydrogens is 270 g/mol. The third-order valence-electron chi connectivity index (χ3n) is 1.01. The van der Waals surface area contributed by atoms with Crippen LogP contribution in [0.5, 0.6) is 0 Å². The first-order valence-corrected chi connectivity index (χ1v) is 2.51. The maximum atomic E-state index is 12.1. The number of anilines is 1. The summed E-state index contributed by atoms with van der Waals surface area (Å²) in [7, 11) is 0. The summed E-state index contributed by atoms with van der Waals surface area (Å²) in [4.78, 5) is 0. The van der Waals surface area contributed by atoms with Crippen LogP contribution in [0.25, 0.3) is 0 Å². The summed E-state index contributed by atoms with van der Waals surface area (Å²) in [6.45, 7) is 0. The standard InChI is InChI=1S/C6H4F3N.HI/c7-4-1-3(10)2-5(8)6(4)9;/h1-2H,10H2;1H. The smallest absolute Gasteiger partial charge is 0.194 e. The molecule has 0 fully saturated rings. The van der Waals surface area contributed by atoms with Crippen LogP contribution in [0.4, 0.5) is 18.9 Å². The van der Waals surface area contributed by atoms with Gasteiger partial charge < -0.3 is 5.73 Å². The Labute approximate surface area is 78.4 Å². The molecule has 0 atom stereocenters. The van der Waals surface area contributed by atoms with Gasteiger partial charge in [-0.3, -0.25) is 0 Å². The zero-order valence-electron chi connectivity index (χ0n) is 5.27. The minimum Gasteiger partial charge on any atom is -0.399 e. The predicted molar refractivity (Wildman–Crippen MR) is 46.1 cm³/mol. The van der Waals surface area contributed by atoms with Gasteiger partial charge in [-0.15, -0.1) is 24.0 Å². The van der Waals surface area contributed by atoms with Crippen molar-refractivity contribution in [2.24, 2.45) is 0 Å². The molecule has 1 aromatic carbocycles. The topological polar surface area (TPSA) is 26.0 Å². The van der Waals surface area contributed by atoms with Crippen molar-refractivity contribution in [3.8, 4) is 0 Å². The summed E-state index contributed by atoms with van der Waals surface area (Å²) >= 11 is 0. The highest BCUT2D eigenvalue weighted by molar-refractivity contribution is 14.0. The van der Waals surface area contributed by atoms with E-state index in [2.05, 4.69) is 0 Å². The number of rotatable bonds is 0. The maximum Gasteiger partial charge on any atom is 0.194 e. The molecule has 0 amide bonds. The van der Waals surface area contributed by atoms with Crippen molar-refractivity contribution in [1.82, 2.24) is 0 Å². The molecule has 0 heterocycles. The second kappa shape index (κ2) is 3.80. The van der Waals surface area contributed by atoms with Crippen molar-refractivity contribution < 1.29 is 13.2 Å². The number of nitrogen functional groups attached to an aromatic ring is 1. The van der Waals surface area contributed by atoms with Gasteiger partial charge >= 0.3 is 0 Å². The lowest BCUT2D eigenvalue weighted by Crippen LogP contribution is -1.93. The van der Waals surface area contributed by atoms with Crippen molar-refractivity contribution in [2.45, 2.75) is 0 Å². The summed E-state index contributed by atoms with van der Waals surface area (Å²) in [5, 5.41) is 0. The highest BCUT2D eigenvalue weighted by Gasteiger charge is 2.07. The van der Waals surface area contributed by atoms with Crippen LogP contribution in [-0.2, 0) is 0 Å². The average Bonchev–Trinajstić information content (AvgIpc) is 1.82. The second-order valence-electron chi connectivity index (χ2n) is 1.80. The lowest BCUT2D eigenvalue weighted by molar-refractivity contribution is 0.448. The van der Waals surface area contributed by atoms with E-state index in [-0.39, 0.29) is 29.7 Å². The van der Waals surface area contributed by atoms with Crippen LogP contribution < -0.4 is 5.73 Å². The van der Waals surface area contributed by atoms with Crippen molar-refractivity contribution in [3.63, 3.8) is 0 Å². The van der Waals surface area contributed by atoms with E-state index in [4.69, 9.17) is 5.73 Å². The third-order valence-corrected chi connectivity index (χ3v) is 1.01. The summed E-state index contributed by atoms with van der Waals surface area (Å²) in [6, 6.07) is 1.44. The van der Waals surface area contributed by atoms with Gasteiger partial charge in [0.2, 0.25) is 0 Å². The van der Waals surface area contributed by atoms with Gasteiger partial charge in [-0.1, -0.05) is 0 Å². The Morgan fingerprint density at radius 1 is 1.00 bits per heavy atom. The van der Waals surface area contributed by atoms with E-state index in [1.54, 1.807) is 0 Å². The Hall–Kier alpha value is -0.460. The normalized spacial score (nSPS) is 9.00. The number of hydrogen-bond donors (Lipinski definition) is 1. The quantitative estimate of drug-likeness (QED) is 0.439. The van der Waals surface area contributed by atoms with E-state index in [0.717, 1.165) is 12.1 Å². The second-order valence-corrected chi connectivity index (χ2v) is 1.80. The first-order valence-electron chi connectivity index (χ1n) is 2.51. The molecule has 1 rings (SSSR count). The number of halogens is 4. The van der Waals surface area contributed by atoms with Gasteiger partial charge in [0.25, 0.3) is 0 Å². The monoisotopic (exact) mass is 275 g/mol. The van der Waals surface area contributed by atoms with Gasteiger partial charge in [-0.25, -0.2) is 13.2 Å². The lowest BCUT2D eigenvalue weighted by atomic mass is 10.3. The fourth-order valence-electron chi connectivity index (χ4n) is 0.575. The zero-order chi connectivity index (χ0) is 7.72. The Morgan fingerprint density at radius 2 is 1.36 bits per heavy atom. The number of benzene rings is 1. The van der Waals surface area contributed by atoms with E-state index in [0.29, 0.717) is 0 Å². The molecule has 2 N–H and O–H groups in total. The highest BCUT2D eigenvalue weighted by atomic mass is 127. The first-order chi connectivity index (χ1) is 4.61. The van der Waals surface area contributed by atoms with Crippen LogP contribution in [0, 0.1) is 17.5 Å².